The van der Waals surface area contributed by atoms with Gasteiger partial charge in [-0.15, -0.1) is 0 Å². The van der Waals surface area contributed by atoms with Crippen LogP contribution < -0.4 is 5.43 Å². The molecule has 2 aliphatic carbocycles. The van der Waals surface area contributed by atoms with Crippen LogP contribution in [-0.2, 0) is 0 Å². The quantitative estimate of drug-likeness (QED) is 0.684. The normalized spacial score (nSPS) is 29.7. The number of rotatable bonds is 3. The number of benzene rings is 1. The van der Waals surface area contributed by atoms with E-state index in [4.69, 9.17) is 0 Å². The third kappa shape index (κ3) is 2.24. The number of para-hydroxylation sites is 1. The highest BCUT2D eigenvalue weighted by Gasteiger charge is 2.60. The first kappa shape index (κ1) is 15.6. The molecule has 1 N–H and O–H groups in total. The minimum atomic E-state index is -0.552. The highest BCUT2D eigenvalue weighted by molar-refractivity contribution is 6.00. The van der Waals surface area contributed by atoms with E-state index in [0.29, 0.717) is 5.92 Å². The van der Waals surface area contributed by atoms with Crippen LogP contribution in [0.1, 0.15) is 50.4 Å². The van der Waals surface area contributed by atoms with Gasteiger partial charge in [0.15, 0.2) is 0 Å². The fourth-order valence-electron chi connectivity index (χ4n) is 4.10. The van der Waals surface area contributed by atoms with Crippen LogP contribution in [0.3, 0.4) is 0 Å². The first-order valence-corrected chi connectivity index (χ1v) is 7.88. The standard InChI is InChI=1S/C17H21N3O3/c1-16(2)11-8-9-17(16,3)14(10-11)18-19-15(21)12-6-4-5-7-13(12)20(22)23/h4-7,11H,8-10H2,1-3H3,(H,19,21). The minimum absolute atomic E-state index is 0.00638. The Kier molecular flexibility index (Phi) is 3.50. The predicted octanol–water partition coefficient (Wildman–Crippen LogP) is 3.53. The maximum atomic E-state index is 12.3. The van der Waals surface area contributed by atoms with Gasteiger partial charge in [0.25, 0.3) is 11.6 Å². The Morgan fingerprint density at radius 3 is 2.61 bits per heavy atom. The number of hydrogen-bond donors (Lipinski definition) is 1. The van der Waals surface area contributed by atoms with E-state index in [1.54, 1.807) is 12.1 Å². The minimum Gasteiger partial charge on any atom is -0.267 e. The first-order chi connectivity index (χ1) is 10.8. The summed E-state index contributed by atoms with van der Waals surface area (Å²) in [6.07, 6.45) is 3.16. The van der Waals surface area contributed by atoms with E-state index in [1.807, 2.05) is 0 Å². The van der Waals surface area contributed by atoms with Crippen LogP contribution in [0.25, 0.3) is 0 Å². The monoisotopic (exact) mass is 315 g/mol. The summed E-state index contributed by atoms with van der Waals surface area (Å²) in [5.41, 5.74) is 3.54. The van der Waals surface area contributed by atoms with Crippen molar-refractivity contribution in [2.24, 2.45) is 21.8 Å². The first-order valence-electron chi connectivity index (χ1n) is 7.88. The van der Waals surface area contributed by atoms with E-state index in [9.17, 15) is 14.9 Å². The van der Waals surface area contributed by atoms with Gasteiger partial charge in [-0.1, -0.05) is 32.9 Å². The molecule has 1 aromatic carbocycles. The summed E-state index contributed by atoms with van der Waals surface area (Å²) in [4.78, 5) is 22.7. The second-order valence-corrected chi connectivity index (χ2v) is 7.27. The molecule has 0 aromatic heterocycles. The van der Waals surface area contributed by atoms with Gasteiger partial charge in [0.05, 0.1) is 4.92 Å². The molecule has 2 aliphatic rings. The highest BCUT2D eigenvalue weighted by atomic mass is 16.6. The number of nitro groups is 1. The number of nitrogens with one attached hydrogen (secondary N) is 1. The summed E-state index contributed by atoms with van der Waals surface area (Å²) in [6.45, 7) is 6.73. The van der Waals surface area contributed by atoms with Gasteiger partial charge in [0, 0.05) is 17.2 Å². The molecule has 6 heteroatoms. The molecular formula is C17H21N3O3. The molecule has 23 heavy (non-hydrogen) atoms. The number of carbonyl (C=O) groups excluding carboxylic acids is 1. The predicted molar refractivity (Wildman–Crippen MR) is 87.2 cm³/mol. The zero-order valence-electron chi connectivity index (χ0n) is 13.6. The van der Waals surface area contributed by atoms with Gasteiger partial charge in [-0.3, -0.25) is 14.9 Å². The van der Waals surface area contributed by atoms with Crippen molar-refractivity contribution in [1.29, 1.82) is 0 Å². The summed E-state index contributed by atoms with van der Waals surface area (Å²) < 4.78 is 0. The zero-order valence-corrected chi connectivity index (χ0v) is 13.6. The molecule has 0 heterocycles. The number of nitrogens with zero attached hydrogens (tertiary/aromatic N) is 2. The Morgan fingerprint density at radius 1 is 1.35 bits per heavy atom. The van der Waals surface area contributed by atoms with E-state index in [0.717, 1.165) is 18.6 Å². The van der Waals surface area contributed by atoms with Crippen LogP contribution in [0, 0.1) is 26.9 Å². The van der Waals surface area contributed by atoms with Gasteiger partial charge in [-0.2, -0.15) is 5.10 Å². The number of nitro benzene ring substituents is 1. The lowest BCUT2D eigenvalue weighted by atomic mass is 9.70. The Hall–Kier alpha value is -2.24. The molecule has 2 unspecified atom stereocenters. The van der Waals surface area contributed by atoms with Crippen LogP contribution in [0.15, 0.2) is 29.4 Å². The molecule has 2 fully saturated rings. The van der Waals surface area contributed by atoms with Crippen molar-refractivity contribution < 1.29 is 9.72 Å². The third-order valence-electron chi connectivity index (χ3n) is 6.15. The Balaban J connectivity index is 1.82. The van der Waals surface area contributed by atoms with Crippen molar-refractivity contribution in [1.82, 2.24) is 5.43 Å². The number of hydrogen-bond acceptors (Lipinski definition) is 4. The van der Waals surface area contributed by atoms with Crippen LogP contribution in [-0.4, -0.2) is 16.5 Å². The van der Waals surface area contributed by atoms with Crippen LogP contribution in [0.2, 0.25) is 0 Å². The van der Waals surface area contributed by atoms with Gasteiger partial charge in [-0.25, -0.2) is 5.43 Å². The maximum Gasteiger partial charge on any atom is 0.282 e. The largest absolute Gasteiger partial charge is 0.282 e. The van der Waals surface area contributed by atoms with Gasteiger partial charge in [-0.05, 0) is 36.7 Å². The lowest BCUT2D eigenvalue weighted by Gasteiger charge is -2.34. The summed E-state index contributed by atoms with van der Waals surface area (Å²) in [5.74, 6) is 0.0585. The molecule has 122 valence electrons. The van der Waals surface area contributed by atoms with Gasteiger partial charge in [0.2, 0.25) is 0 Å². The molecule has 3 rings (SSSR count). The van der Waals surface area contributed by atoms with Crippen molar-refractivity contribution >= 4 is 17.3 Å². The van der Waals surface area contributed by atoms with E-state index >= 15 is 0 Å². The molecule has 1 amide bonds. The van der Waals surface area contributed by atoms with E-state index in [1.165, 1.54) is 18.6 Å². The lowest BCUT2D eigenvalue weighted by molar-refractivity contribution is -0.385. The van der Waals surface area contributed by atoms with Gasteiger partial charge in [0.1, 0.15) is 5.56 Å². The van der Waals surface area contributed by atoms with Crippen LogP contribution in [0.5, 0.6) is 0 Å². The summed E-state index contributed by atoms with van der Waals surface area (Å²) in [6, 6.07) is 5.92. The Bertz CT molecular complexity index is 711. The average molecular weight is 315 g/mol. The summed E-state index contributed by atoms with van der Waals surface area (Å²) in [7, 11) is 0. The van der Waals surface area contributed by atoms with Gasteiger partial charge >= 0.3 is 0 Å². The van der Waals surface area contributed by atoms with Crippen molar-refractivity contribution in [2.75, 3.05) is 0 Å². The average Bonchev–Trinajstić information content (AvgIpc) is 2.85. The highest BCUT2D eigenvalue weighted by Crippen LogP contribution is 2.63. The molecule has 2 atom stereocenters. The fraction of sp³-hybridized carbons (Fsp3) is 0.529. The summed E-state index contributed by atoms with van der Waals surface area (Å²) >= 11 is 0. The zero-order chi connectivity index (χ0) is 16.8. The van der Waals surface area contributed by atoms with Crippen LogP contribution >= 0.6 is 0 Å². The lowest BCUT2D eigenvalue weighted by Crippen LogP contribution is -2.34. The number of carbonyl (C=O) groups is 1. The molecule has 0 spiro atoms. The third-order valence-corrected chi connectivity index (χ3v) is 6.15. The fourth-order valence-corrected chi connectivity index (χ4v) is 4.10. The topological polar surface area (TPSA) is 84.6 Å². The molecule has 2 saturated carbocycles. The molecule has 0 saturated heterocycles. The van der Waals surface area contributed by atoms with Crippen molar-refractivity contribution in [2.45, 2.75) is 40.0 Å². The smallest absolute Gasteiger partial charge is 0.267 e. The molecule has 0 radical (unpaired) electrons. The molecular weight excluding hydrogens is 294 g/mol. The van der Waals surface area contributed by atoms with Crippen molar-refractivity contribution in [3.63, 3.8) is 0 Å². The molecule has 2 bridgehead atoms. The van der Waals surface area contributed by atoms with E-state index in [-0.39, 0.29) is 22.1 Å². The SMILES string of the molecule is CC12CCC(CC1=NNC(=O)c1ccccc1[N+](=O)[O-])C2(C)C. The number of hydrazone groups is 1. The second kappa shape index (κ2) is 5.15. The van der Waals surface area contributed by atoms with Crippen LogP contribution in [0.4, 0.5) is 5.69 Å². The number of fused-ring (bicyclic) bond motifs is 2. The molecule has 0 aliphatic heterocycles. The van der Waals surface area contributed by atoms with E-state index in [2.05, 4.69) is 31.3 Å². The number of amides is 1. The van der Waals surface area contributed by atoms with E-state index < -0.39 is 10.8 Å². The second-order valence-electron chi connectivity index (χ2n) is 7.27. The molecule has 6 nitrogen and oxygen atoms in total. The van der Waals surface area contributed by atoms with Gasteiger partial charge < -0.3 is 0 Å². The maximum absolute atomic E-state index is 12.3. The Morgan fingerprint density at radius 2 is 2.04 bits per heavy atom. The molecule has 1 aromatic rings. The van der Waals surface area contributed by atoms with Crippen molar-refractivity contribution in [3.8, 4) is 0 Å². The van der Waals surface area contributed by atoms with Crippen molar-refractivity contribution in [3.05, 3.63) is 39.9 Å². The Labute approximate surface area is 135 Å². The summed E-state index contributed by atoms with van der Waals surface area (Å²) in [5, 5.41) is 15.4.